The van der Waals surface area contributed by atoms with Gasteiger partial charge in [0.1, 0.15) is 0 Å². The number of hydrogen-bond donors (Lipinski definition) is 1. The molecular formula is C9H8BrIN2. The molecule has 2 N–H and O–H groups in total. The first-order chi connectivity index (χ1) is 6.16. The lowest BCUT2D eigenvalue weighted by Gasteiger charge is -2.10. The predicted molar refractivity (Wildman–Crippen MR) is 64.0 cm³/mol. The van der Waals surface area contributed by atoms with Crippen LogP contribution in [0.25, 0.3) is 0 Å². The lowest BCUT2D eigenvalue weighted by atomic mass is 10.1. The molecule has 1 rings (SSSR count). The van der Waals surface area contributed by atoms with Crippen LogP contribution in [-0.4, -0.2) is 0 Å². The van der Waals surface area contributed by atoms with Gasteiger partial charge < -0.3 is 5.73 Å². The molecule has 0 aliphatic rings. The van der Waals surface area contributed by atoms with Crippen LogP contribution in [0.4, 0.5) is 0 Å². The molecule has 0 fully saturated rings. The molecule has 1 aromatic rings. The number of nitrogens with two attached hydrogens (primary N) is 1. The molecule has 4 heteroatoms. The van der Waals surface area contributed by atoms with Crippen molar-refractivity contribution in [2.24, 2.45) is 5.73 Å². The molecule has 0 radical (unpaired) electrons. The van der Waals surface area contributed by atoms with E-state index in [1.807, 2.05) is 18.2 Å². The van der Waals surface area contributed by atoms with Crippen molar-refractivity contribution in [3.63, 3.8) is 0 Å². The van der Waals surface area contributed by atoms with Crippen molar-refractivity contribution in [2.75, 3.05) is 0 Å². The third-order valence-electron chi connectivity index (χ3n) is 1.69. The van der Waals surface area contributed by atoms with Crippen molar-refractivity contribution in [3.8, 4) is 6.07 Å². The molecule has 1 atom stereocenters. The van der Waals surface area contributed by atoms with Crippen LogP contribution in [0.2, 0.25) is 0 Å². The van der Waals surface area contributed by atoms with Crippen LogP contribution in [0.3, 0.4) is 0 Å². The summed E-state index contributed by atoms with van der Waals surface area (Å²) in [5.41, 5.74) is 6.81. The highest BCUT2D eigenvalue weighted by Crippen LogP contribution is 2.28. The fourth-order valence-corrected chi connectivity index (χ4v) is 2.09. The molecule has 0 unspecified atom stereocenters. The van der Waals surface area contributed by atoms with Gasteiger partial charge in [0.15, 0.2) is 0 Å². The van der Waals surface area contributed by atoms with E-state index < -0.39 is 0 Å². The second-order valence-corrected chi connectivity index (χ2v) is 4.57. The zero-order valence-corrected chi connectivity index (χ0v) is 10.5. The van der Waals surface area contributed by atoms with Gasteiger partial charge >= 0.3 is 0 Å². The molecule has 0 saturated heterocycles. The van der Waals surface area contributed by atoms with Crippen molar-refractivity contribution < 1.29 is 0 Å². The first-order valence-electron chi connectivity index (χ1n) is 3.73. The molecule has 1 aromatic carbocycles. The molecule has 0 heterocycles. The first-order valence-corrected chi connectivity index (χ1v) is 5.60. The maximum atomic E-state index is 8.51. The number of benzene rings is 1. The molecular weight excluding hydrogens is 343 g/mol. The Morgan fingerprint density at radius 2 is 2.31 bits per heavy atom. The topological polar surface area (TPSA) is 49.8 Å². The van der Waals surface area contributed by atoms with Gasteiger partial charge in [0.05, 0.1) is 12.5 Å². The molecule has 0 aliphatic carbocycles. The number of nitriles is 1. The standard InChI is InChI=1S/C9H8BrIN2/c10-9-6(8(13)4-5-12)2-1-3-7(9)11/h1-3,8H,4,13H2/t8-/m1/s1. The van der Waals surface area contributed by atoms with E-state index in [9.17, 15) is 0 Å². The molecule has 0 amide bonds. The lowest BCUT2D eigenvalue weighted by molar-refractivity contribution is 0.744. The van der Waals surface area contributed by atoms with Gasteiger partial charge in [-0.2, -0.15) is 5.26 Å². The zero-order chi connectivity index (χ0) is 9.84. The highest BCUT2D eigenvalue weighted by molar-refractivity contribution is 14.1. The second kappa shape index (κ2) is 4.94. The average molecular weight is 351 g/mol. The maximum absolute atomic E-state index is 8.51. The molecule has 0 aliphatic heterocycles. The maximum Gasteiger partial charge on any atom is 0.0641 e. The Hall–Kier alpha value is -0.120. The van der Waals surface area contributed by atoms with Crippen molar-refractivity contribution in [2.45, 2.75) is 12.5 Å². The number of nitrogens with zero attached hydrogens (tertiary/aromatic N) is 1. The molecule has 0 saturated carbocycles. The van der Waals surface area contributed by atoms with Crippen molar-refractivity contribution in [3.05, 3.63) is 31.8 Å². The summed E-state index contributed by atoms with van der Waals surface area (Å²) in [7, 11) is 0. The van der Waals surface area contributed by atoms with Gasteiger partial charge in [-0.05, 0) is 50.2 Å². The van der Waals surface area contributed by atoms with E-state index in [4.69, 9.17) is 11.0 Å². The van der Waals surface area contributed by atoms with Crippen molar-refractivity contribution >= 4 is 38.5 Å². The van der Waals surface area contributed by atoms with Gasteiger partial charge in [-0.25, -0.2) is 0 Å². The van der Waals surface area contributed by atoms with Crippen LogP contribution >= 0.6 is 38.5 Å². The minimum atomic E-state index is -0.200. The summed E-state index contributed by atoms with van der Waals surface area (Å²) >= 11 is 5.68. The van der Waals surface area contributed by atoms with Crippen molar-refractivity contribution in [1.29, 1.82) is 5.26 Å². The number of hydrogen-bond acceptors (Lipinski definition) is 2. The Bertz CT molecular complexity index is 346. The summed E-state index contributed by atoms with van der Waals surface area (Å²) in [6.45, 7) is 0. The van der Waals surface area contributed by atoms with Gasteiger partial charge in [-0.15, -0.1) is 0 Å². The lowest BCUT2D eigenvalue weighted by Crippen LogP contribution is -2.10. The fourth-order valence-electron chi connectivity index (χ4n) is 1.02. The van der Waals surface area contributed by atoms with Crippen LogP contribution < -0.4 is 5.73 Å². The summed E-state index contributed by atoms with van der Waals surface area (Å²) in [6, 6.07) is 7.74. The smallest absolute Gasteiger partial charge is 0.0641 e. The molecule has 13 heavy (non-hydrogen) atoms. The van der Waals surface area contributed by atoms with Crippen molar-refractivity contribution in [1.82, 2.24) is 0 Å². The highest BCUT2D eigenvalue weighted by Gasteiger charge is 2.10. The van der Waals surface area contributed by atoms with Gasteiger partial charge in [-0.3, -0.25) is 0 Å². The van der Waals surface area contributed by atoms with E-state index in [1.165, 1.54) is 0 Å². The Kier molecular flexibility index (Phi) is 4.16. The molecule has 0 spiro atoms. The molecule has 0 bridgehead atoms. The van der Waals surface area contributed by atoms with Gasteiger partial charge in [0.25, 0.3) is 0 Å². The van der Waals surface area contributed by atoms with Crippen LogP contribution in [0.15, 0.2) is 22.7 Å². The van der Waals surface area contributed by atoms with E-state index in [2.05, 4.69) is 44.6 Å². The minimum Gasteiger partial charge on any atom is -0.323 e. The van der Waals surface area contributed by atoms with Crippen LogP contribution in [0, 0.1) is 14.9 Å². The number of halogens is 2. The van der Waals surface area contributed by atoms with Gasteiger partial charge in [0.2, 0.25) is 0 Å². The fraction of sp³-hybridized carbons (Fsp3) is 0.222. The molecule has 2 nitrogen and oxygen atoms in total. The largest absolute Gasteiger partial charge is 0.323 e. The van der Waals surface area contributed by atoms with E-state index in [0.29, 0.717) is 6.42 Å². The van der Waals surface area contributed by atoms with Crippen LogP contribution in [-0.2, 0) is 0 Å². The van der Waals surface area contributed by atoms with E-state index in [1.54, 1.807) is 0 Å². The zero-order valence-electron chi connectivity index (χ0n) is 6.80. The third kappa shape index (κ3) is 2.66. The summed E-state index contributed by atoms with van der Waals surface area (Å²) in [4.78, 5) is 0. The molecule has 68 valence electrons. The third-order valence-corrected chi connectivity index (χ3v) is 4.22. The summed E-state index contributed by atoms with van der Waals surface area (Å²) in [5, 5.41) is 8.51. The Balaban J connectivity index is 3.02. The number of rotatable bonds is 2. The Morgan fingerprint density at radius 1 is 1.62 bits per heavy atom. The average Bonchev–Trinajstić information content (AvgIpc) is 2.10. The summed E-state index contributed by atoms with van der Waals surface area (Å²) < 4.78 is 2.11. The Morgan fingerprint density at radius 3 is 2.92 bits per heavy atom. The monoisotopic (exact) mass is 350 g/mol. The minimum absolute atomic E-state index is 0.200. The quantitative estimate of drug-likeness (QED) is 0.833. The Labute approximate surface area is 99.4 Å². The predicted octanol–water partition coefficient (Wildman–Crippen LogP) is 2.97. The highest BCUT2D eigenvalue weighted by atomic mass is 127. The van der Waals surface area contributed by atoms with Gasteiger partial charge in [0, 0.05) is 14.1 Å². The summed E-state index contributed by atoms with van der Waals surface area (Å²) in [6.07, 6.45) is 0.346. The normalized spacial score (nSPS) is 12.2. The van der Waals surface area contributed by atoms with E-state index in [0.717, 1.165) is 13.6 Å². The van der Waals surface area contributed by atoms with Crippen LogP contribution in [0.5, 0.6) is 0 Å². The summed E-state index contributed by atoms with van der Waals surface area (Å²) in [5.74, 6) is 0. The SMILES string of the molecule is N#CC[C@@H](N)c1cccc(I)c1Br. The second-order valence-electron chi connectivity index (χ2n) is 2.61. The first kappa shape index (κ1) is 11.0. The van der Waals surface area contributed by atoms with Gasteiger partial charge in [-0.1, -0.05) is 12.1 Å². The van der Waals surface area contributed by atoms with E-state index in [-0.39, 0.29) is 6.04 Å². The van der Waals surface area contributed by atoms with Crippen LogP contribution in [0.1, 0.15) is 18.0 Å². The van der Waals surface area contributed by atoms with E-state index >= 15 is 0 Å². The molecule has 0 aromatic heterocycles.